The van der Waals surface area contributed by atoms with Gasteiger partial charge in [-0.2, -0.15) is 18.3 Å². The lowest BCUT2D eigenvalue weighted by molar-refractivity contribution is -0.173. The standard InChI is InChI=1S/C19H15ClF4N4OS/c20-15-16(18(29)25-9-10-3-5-11(21)6-4-10)27-28-14(19(22,23)24)8-12(26-17(15)28)13-2-1-7-30-13/h1-7,12,14,26H,8-9H2,(H,25,29)/t12-,14+/m1/s1. The van der Waals surface area contributed by atoms with E-state index in [9.17, 15) is 22.4 Å². The average Bonchev–Trinajstić information content (AvgIpc) is 3.34. The smallest absolute Gasteiger partial charge is 0.361 e. The molecule has 2 aromatic heterocycles. The number of anilines is 1. The molecule has 3 aromatic rings. The van der Waals surface area contributed by atoms with Gasteiger partial charge in [-0.15, -0.1) is 11.3 Å². The van der Waals surface area contributed by atoms with E-state index in [4.69, 9.17) is 11.6 Å². The van der Waals surface area contributed by atoms with E-state index >= 15 is 0 Å². The summed E-state index contributed by atoms with van der Waals surface area (Å²) in [5.74, 6) is -1.18. The van der Waals surface area contributed by atoms with Crippen molar-refractivity contribution in [3.63, 3.8) is 0 Å². The fourth-order valence-corrected chi connectivity index (χ4v) is 4.33. The third kappa shape index (κ3) is 4.01. The molecule has 0 aliphatic carbocycles. The van der Waals surface area contributed by atoms with Gasteiger partial charge in [0.1, 0.15) is 16.7 Å². The van der Waals surface area contributed by atoms with E-state index in [0.29, 0.717) is 5.56 Å². The number of hydrogen-bond donors (Lipinski definition) is 2. The monoisotopic (exact) mass is 458 g/mol. The Bertz CT molecular complexity index is 1050. The Kier molecular flexibility index (Phi) is 5.46. The number of amides is 1. The summed E-state index contributed by atoms with van der Waals surface area (Å²) in [6.45, 7) is 0.0472. The zero-order chi connectivity index (χ0) is 21.5. The van der Waals surface area contributed by atoms with Crippen molar-refractivity contribution in [2.75, 3.05) is 5.32 Å². The van der Waals surface area contributed by atoms with Gasteiger partial charge in [-0.25, -0.2) is 9.07 Å². The molecule has 11 heteroatoms. The first kappa shape index (κ1) is 20.7. The number of hydrogen-bond acceptors (Lipinski definition) is 4. The Hall–Kier alpha value is -2.59. The molecule has 3 heterocycles. The number of alkyl halides is 3. The maximum Gasteiger partial charge on any atom is 0.410 e. The largest absolute Gasteiger partial charge is 0.410 e. The highest BCUT2D eigenvalue weighted by Crippen LogP contribution is 2.46. The number of nitrogens with zero attached hydrogens (tertiary/aromatic N) is 2. The molecule has 2 N–H and O–H groups in total. The van der Waals surface area contributed by atoms with E-state index in [1.165, 1.54) is 35.6 Å². The molecular weight excluding hydrogens is 444 g/mol. The predicted octanol–water partition coefficient (Wildman–Crippen LogP) is 5.33. The lowest BCUT2D eigenvalue weighted by Gasteiger charge is -2.32. The molecule has 5 nitrogen and oxygen atoms in total. The van der Waals surface area contributed by atoms with Crippen molar-refractivity contribution >= 4 is 34.7 Å². The SMILES string of the molecule is O=C(NCc1ccc(F)cc1)c1nn2c(c1Cl)N[C@@H](c1cccs1)C[C@H]2C(F)(F)F. The van der Waals surface area contributed by atoms with Crippen LogP contribution in [0.25, 0.3) is 0 Å². The highest BCUT2D eigenvalue weighted by molar-refractivity contribution is 7.10. The van der Waals surface area contributed by atoms with Crippen LogP contribution in [0.15, 0.2) is 41.8 Å². The van der Waals surface area contributed by atoms with E-state index in [-0.39, 0.29) is 29.5 Å². The Morgan fingerprint density at radius 1 is 1.30 bits per heavy atom. The van der Waals surface area contributed by atoms with Gasteiger partial charge in [0.25, 0.3) is 5.91 Å². The van der Waals surface area contributed by atoms with Crippen molar-refractivity contribution in [2.24, 2.45) is 0 Å². The van der Waals surface area contributed by atoms with Gasteiger partial charge in [0.2, 0.25) is 0 Å². The zero-order valence-corrected chi connectivity index (χ0v) is 16.8. The van der Waals surface area contributed by atoms with Crippen LogP contribution in [0.1, 0.15) is 39.4 Å². The van der Waals surface area contributed by atoms with Gasteiger partial charge in [0.15, 0.2) is 11.7 Å². The molecule has 0 bridgehead atoms. The quantitative estimate of drug-likeness (QED) is 0.520. The van der Waals surface area contributed by atoms with Crippen molar-refractivity contribution in [3.8, 4) is 0 Å². The lowest BCUT2D eigenvalue weighted by Crippen LogP contribution is -2.35. The summed E-state index contributed by atoms with van der Waals surface area (Å²) in [6, 6.07) is 6.44. The van der Waals surface area contributed by atoms with Gasteiger partial charge in [-0.3, -0.25) is 4.79 Å². The first-order valence-corrected chi connectivity index (χ1v) is 10.2. The van der Waals surface area contributed by atoms with E-state index in [2.05, 4.69) is 15.7 Å². The molecule has 0 spiro atoms. The molecule has 0 saturated heterocycles. The van der Waals surface area contributed by atoms with Crippen LogP contribution in [0.3, 0.4) is 0 Å². The molecule has 0 unspecified atom stereocenters. The van der Waals surface area contributed by atoms with E-state index in [1.807, 2.05) is 0 Å². The van der Waals surface area contributed by atoms with Gasteiger partial charge < -0.3 is 10.6 Å². The van der Waals surface area contributed by atoms with Gasteiger partial charge in [0.05, 0.1) is 6.04 Å². The minimum atomic E-state index is -4.57. The first-order chi connectivity index (χ1) is 14.2. The third-order valence-electron chi connectivity index (χ3n) is 4.76. The lowest BCUT2D eigenvalue weighted by atomic mass is 10.0. The summed E-state index contributed by atoms with van der Waals surface area (Å²) < 4.78 is 54.9. The summed E-state index contributed by atoms with van der Waals surface area (Å²) in [5, 5.41) is 11.0. The van der Waals surface area contributed by atoms with Crippen molar-refractivity contribution in [3.05, 3.63) is 68.8 Å². The molecular formula is C19H15ClF4N4OS. The van der Waals surface area contributed by atoms with Crippen LogP contribution >= 0.6 is 22.9 Å². The molecule has 0 saturated carbocycles. The van der Waals surface area contributed by atoms with Gasteiger partial charge in [-0.05, 0) is 29.1 Å². The average molecular weight is 459 g/mol. The highest BCUT2D eigenvalue weighted by atomic mass is 35.5. The molecule has 30 heavy (non-hydrogen) atoms. The number of fused-ring (bicyclic) bond motifs is 1. The Balaban J connectivity index is 1.61. The zero-order valence-electron chi connectivity index (χ0n) is 15.2. The number of benzene rings is 1. The summed E-state index contributed by atoms with van der Waals surface area (Å²) in [4.78, 5) is 13.3. The van der Waals surface area contributed by atoms with E-state index in [1.54, 1.807) is 17.5 Å². The summed E-state index contributed by atoms with van der Waals surface area (Å²) in [6.07, 6.45) is -4.84. The van der Waals surface area contributed by atoms with Crippen molar-refractivity contribution in [2.45, 2.75) is 31.2 Å². The first-order valence-electron chi connectivity index (χ1n) is 8.91. The van der Waals surface area contributed by atoms with Crippen LogP contribution < -0.4 is 10.6 Å². The maximum absolute atomic E-state index is 13.7. The molecule has 0 fully saturated rings. The van der Waals surface area contributed by atoms with Crippen LogP contribution in [0, 0.1) is 5.82 Å². The fraction of sp³-hybridized carbons (Fsp3) is 0.263. The Morgan fingerprint density at radius 3 is 2.67 bits per heavy atom. The predicted molar refractivity (Wildman–Crippen MR) is 105 cm³/mol. The molecule has 1 aliphatic heterocycles. The van der Waals surface area contributed by atoms with Crippen LogP contribution in [-0.2, 0) is 6.54 Å². The number of carbonyl (C=O) groups is 1. The number of rotatable bonds is 4. The molecule has 1 aromatic carbocycles. The molecule has 0 radical (unpaired) electrons. The van der Waals surface area contributed by atoms with E-state index < -0.39 is 30.0 Å². The topological polar surface area (TPSA) is 59.0 Å². The van der Waals surface area contributed by atoms with Crippen LogP contribution in [-0.4, -0.2) is 21.9 Å². The van der Waals surface area contributed by atoms with Gasteiger partial charge in [0, 0.05) is 17.8 Å². The van der Waals surface area contributed by atoms with Gasteiger partial charge >= 0.3 is 6.18 Å². The van der Waals surface area contributed by atoms with E-state index in [0.717, 1.165) is 9.56 Å². The molecule has 4 rings (SSSR count). The molecule has 1 aliphatic rings. The number of carbonyl (C=O) groups excluding carboxylic acids is 1. The van der Waals surface area contributed by atoms with Crippen LogP contribution in [0.5, 0.6) is 0 Å². The fourth-order valence-electron chi connectivity index (χ4n) is 3.28. The Labute approximate surface area is 177 Å². The van der Waals surface area contributed by atoms with Gasteiger partial charge in [-0.1, -0.05) is 29.8 Å². The summed E-state index contributed by atoms with van der Waals surface area (Å²) in [5.41, 5.74) is 0.316. The van der Waals surface area contributed by atoms with Crippen molar-refractivity contribution in [1.29, 1.82) is 0 Å². The second-order valence-corrected chi connectivity index (χ2v) is 8.13. The number of thiophene rings is 1. The molecule has 158 valence electrons. The van der Waals surface area contributed by atoms with Crippen LogP contribution in [0.4, 0.5) is 23.4 Å². The minimum absolute atomic E-state index is 0.0458. The Morgan fingerprint density at radius 2 is 2.03 bits per heavy atom. The summed E-state index contributed by atoms with van der Waals surface area (Å²) in [7, 11) is 0. The molecule has 1 amide bonds. The second kappa shape index (κ2) is 7.92. The minimum Gasteiger partial charge on any atom is -0.361 e. The maximum atomic E-state index is 13.7. The second-order valence-electron chi connectivity index (χ2n) is 6.77. The van der Waals surface area contributed by atoms with Crippen molar-refractivity contribution in [1.82, 2.24) is 15.1 Å². The number of nitrogens with one attached hydrogen (secondary N) is 2. The normalized spacial score (nSPS) is 18.6. The van der Waals surface area contributed by atoms with Crippen molar-refractivity contribution < 1.29 is 22.4 Å². The number of aromatic nitrogens is 2. The van der Waals surface area contributed by atoms with Crippen LogP contribution in [0.2, 0.25) is 5.02 Å². The number of halogens is 5. The third-order valence-corrected chi connectivity index (χ3v) is 6.11. The highest BCUT2D eigenvalue weighted by Gasteiger charge is 2.48. The summed E-state index contributed by atoms with van der Waals surface area (Å²) >= 11 is 7.60. The molecule has 2 atom stereocenters.